The Bertz CT molecular complexity index is 1020. The molecule has 2 fully saturated rings. The van der Waals surface area contributed by atoms with Crippen LogP contribution in [0.25, 0.3) is 0 Å². The fourth-order valence-electron chi connectivity index (χ4n) is 4.83. The average molecular weight is 447 g/mol. The van der Waals surface area contributed by atoms with Crippen molar-refractivity contribution in [3.8, 4) is 6.07 Å². The number of piperidine rings is 1. The summed E-state index contributed by atoms with van der Waals surface area (Å²) in [5, 5.41) is 23.3. The van der Waals surface area contributed by atoms with Crippen LogP contribution in [0, 0.1) is 22.7 Å². The van der Waals surface area contributed by atoms with Crippen LogP contribution < -0.4 is 4.90 Å². The maximum absolute atomic E-state index is 13.4. The fraction of sp³-hybridized carbons (Fsp3) is 0.500. The van der Waals surface area contributed by atoms with E-state index in [-0.39, 0.29) is 18.4 Å². The molecule has 0 bridgehead atoms. The van der Waals surface area contributed by atoms with Gasteiger partial charge in [0.15, 0.2) is 0 Å². The molecule has 2 saturated heterocycles. The molecule has 1 aromatic heterocycles. The quantitative estimate of drug-likeness (QED) is 0.762. The number of fused-ring (bicyclic) bond motifs is 1. The minimum atomic E-state index is -4.61. The summed E-state index contributed by atoms with van der Waals surface area (Å²) in [6.07, 6.45) is -0.311. The van der Waals surface area contributed by atoms with Crippen LogP contribution in [0.4, 0.5) is 18.9 Å². The van der Waals surface area contributed by atoms with E-state index in [4.69, 9.17) is 5.26 Å². The predicted molar refractivity (Wildman–Crippen MR) is 109 cm³/mol. The van der Waals surface area contributed by atoms with E-state index in [1.165, 1.54) is 12.1 Å². The van der Waals surface area contributed by atoms with Crippen molar-refractivity contribution in [2.24, 2.45) is 11.3 Å². The number of likely N-dealkylation sites (tertiary alicyclic amines) is 1. The Kier molecular flexibility index (Phi) is 5.86. The maximum Gasteiger partial charge on any atom is 0.417 e. The van der Waals surface area contributed by atoms with Crippen LogP contribution in [0.3, 0.4) is 0 Å². The maximum atomic E-state index is 13.4. The highest BCUT2D eigenvalue weighted by Crippen LogP contribution is 2.44. The zero-order valence-corrected chi connectivity index (χ0v) is 17.4. The first-order chi connectivity index (χ1) is 15.3. The standard InChI is InChI=1S/C22H24F3N5O2/c23-22(24,25)19-10-18(3-2-16(19)11-26)28-9-5-21(15-31)14-29(13-17(21)12-28)20(32)4-8-30-7-1-6-27-30/h1-3,6-7,10,17,31H,4-5,8-9,12-15H2/t17-,21+/m1/s1. The van der Waals surface area contributed by atoms with Crippen molar-refractivity contribution in [1.82, 2.24) is 14.7 Å². The number of carbonyl (C=O) groups excluding carboxylic acids is 1. The van der Waals surface area contributed by atoms with E-state index in [0.29, 0.717) is 51.3 Å². The lowest BCUT2D eigenvalue weighted by atomic mass is 9.73. The second kappa shape index (κ2) is 8.47. The van der Waals surface area contributed by atoms with E-state index in [9.17, 15) is 23.1 Å². The number of aromatic nitrogens is 2. The summed E-state index contributed by atoms with van der Waals surface area (Å²) in [6, 6.07) is 7.14. The Morgan fingerprint density at radius 2 is 2.16 bits per heavy atom. The van der Waals surface area contributed by atoms with Gasteiger partial charge in [-0.05, 0) is 30.7 Å². The number of amides is 1. The number of nitrogens with zero attached hydrogens (tertiary/aromatic N) is 5. The summed E-state index contributed by atoms with van der Waals surface area (Å²) < 4.78 is 41.8. The van der Waals surface area contributed by atoms with Gasteiger partial charge in [-0.25, -0.2) is 0 Å². The number of nitriles is 1. The van der Waals surface area contributed by atoms with Crippen LogP contribution in [0.15, 0.2) is 36.7 Å². The Balaban J connectivity index is 1.48. The van der Waals surface area contributed by atoms with Crippen LogP contribution in [0.5, 0.6) is 0 Å². The van der Waals surface area contributed by atoms with Crippen molar-refractivity contribution < 1.29 is 23.1 Å². The van der Waals surface area contributed by atoms with E-state index >= 15 is 0 Å². The molecular formula is C22H24F3N5O2. The van der Waals surface area contributed by atoms with Crippen LogP contribution in [-0.4, -0.2) is 58.5 Å². The number of rotatable bonds is 5. The van der Waals surface area contributed by atoms with Crippen molar-refractivity contribution >= 4 is 11.6 Å². The molecule has 0 spiro atoms. The summed E-state index contributed by atoms with van der Waals surface area (Å²) >= 11 is 0. The number of alkyl halides is 3. The Morgan fingerprint density at radius 1 is 1.34 bits per heavy atom. The highest BCUT2D eigenvalue weighted by molar-refractivity contribution is 5.76. The molecule has 2 aliphatic heterocycles. The number of anilines is 1. The highest BCUT2D eigenvalue weighted by Gasteiger charge is 2.50. The Morgan fingerprint density at radius 3 is 2.81 bits per heavy atom. The van der Waals surface area contributed by atoms with Gasteiger partial charge in [0.2, 0.25) is 5.91 Å². The first-order valence-electron chi connectivity index (χ1n) is 10.5. The first-order valence-corrected chi connectivity index (χ1v) is 10.5. The van der Waals surface area contributed by atoms with E-state index in [1.54, 1.807) is 34.1 Å². The molecule has 0 radical (unpaired) electrons. The van der Waals surface area contributed by atoms with Crippen LogP contribution in [-0.2, 0) is 17.5 Å². The number of hydrogen-bond acceptors (Lipinski definition) is 5. The zero-order chi connectivity index (χ0) is 22.9. The highest BCUT2D eigenvalue weighted by atomic mass is 19.4. The monoisotopic (exact) mass is 447 g/mol. The molecule has 2 aromatic rings. The van der Waals surface area contributed by atoms with Crippen molar-refractivity contribution in [1.29, 1.82) is 5.26 Å². The van der Waals surface area contributed by atoms with Gasteiger partial charge in [-0.15, -0.1) is 0 Å². The van der Waals surface area contributed by atoms with Gasteiger partial charge in [0.1, 0.15) is 0 Å². The summed E-state index contributed by atoms with van der Waals surface area (Å²) in [5.74, 6) is -0.0770. The summed E-state index contributed by atoms with van der Waals surface area (Å²) in [5.41, 5.74) is -1.40. The fourth-order valence-corrected chi connectivity index (χ4v) is 4.83. The molecule has 10 heteroatoms. The molecule has 7 nitrogen and oxygen atoms in total. The molecule has 0 unspecified atom stereocenters. The van der Waals surface area contributed by atoms with Gasteiger partial charge in [0, 0.05) is 68.6 Å². The minimum Gasteiger partial charge on any atom is -0.396 e. The molecule has 1 amide bonds. The number of aliphatic hydroxyl groups excluding tert-OH is 1. The Hall–Kier alpha value is -3.06. The largest absolute Gasteiger partial charge is 0.417 e. The van der Waals surface area contributed by atoms with Gasteiger partial charge in [-0.3, -0.25) is 9.48 Å². The van der Waals surface area contributed by atoms with Crippen molar-refractivity contribution in [3.05, 3.63) is 47.8 Å². The molecular weight excluding hydrogens is 423 g/mol. The molecule has 2 atom stereocenters. The molecule has 170 valence electrons. The lowest BCUT2D eigenvalue weighted by Gasteiger charge is -2.43. The normalized spacial score (nSPS) is 23.2. The summed E-state index contributed by atoms with van der Waals surface area (Å²) in [4.78, 5) is 16.4. The Labute approximate surface area is 183 Å². The summed E-state index contributed by atoms with van der Waals surface area (Å²) in [7, 11) is 0. The molecule has 0 saturated carbocycles. The second-order valence-electron chi connectivity index (χ2n) is 8.55. The van der Waals surface area contributed by atoms with Gasteiger partial charge < -0.3 is 14.9 Å². The number of aryl methyl sites for hydroxylation is 1. The van der Waals surface area contributed by atoms with Gasteiger partial charge in [0.25, 0.3) is 0 Å². The average Bonchev–Trinajstić information content (AvgIpc) is 3.44. The molecule has 1 aromatic carbocycles. The third-order valence-corrected chi connectivity index (χ3v) is 6.71. The lowest BCUT2D eigenvalue weighted by Crippen LogP contribution is -2.49. The van der Waals surface area contributed by atoms with Crippen LogP contribution >= 0.6 is 0 Å². The molecule has 3 heterocycles. The van der Waals surface area contributed by atoms with E-state index in [1.807, 2.05) is 4.90 Å². The smallest absolute Gasteiger partial charge is 0.396 e. The second-order valence-corrected chi connectivity index (χ2v) is 8.55. The zero-order valence-electron chi connectivity index (χ0n) is 17.4. The molecule has 32 heavy (non-hydrogen) atoms. The molecule has 1 N–H and O–H groups in total. The van der Waals surface area contributed by atoms with E-state index in [0.717, 1.165) is 6.07 Å². The minimum absolute atomic E-state index is 0.0213. The van der Waals surface area contributed by atoms with Crippen molar-refractivity contribution in [2.45, 2.75) is 25.6 Å². The van der Waals surface area contributed by atoms with Gasteiger partial charge >= 0.3 is 6.18 Å². The molecule has 4 rings (SSSR count). The number of benzene rings is 1. The summed E-state index contributed by atoms with van der Waals surface area (Å²) in [6.45, 7) is 2.20. The van der Waals surface area contributed by atoms with Crippen LogP contribution in [0.1, 0.15) is 24.0 Å². The van der Waals surface area contributed by atoms with Gasteiger partial charge in [-0.1, -0.05) is 0 Å². The first kappa shape index (κ1) is 22.1. The van der Waals surface area contributed by atoms with E-state index in [2.05, 4.69) is 5.10 Å². The number of hydrogen-bond donors (Lipinski definition) is 1. The van der Waals surface area contributed by atoms with E-state index < -0.39 is 22.7 Å². The topological polar surface area (TPSA) is 85.4 Å². The van der Waals surface area contributed by atoms with Crippen molar-refractivity contribution in [3.63, 3.8) is 0 Å². The third-order valence-electron chi connectivity index (χ3n) is 6.71. The lowest BCUT2D eigenvalue weighted by molar-refractivity contribution is -0.137. The van der Waals surface area contributed by atoms with Crippen LogP contribution in [0.2, 0.25) is 0 Å². The number of aliphatic hydroxyl groups is 1. The predicted octanol–water partition coefficient (Wildman–Crippen LogP) is 2.51. The number of halogens is 3. The van der Waals surface area contributed by atoms with Gasteiger partial charge in [0.05, 0.1) is 23.8 Å². The van der Waals surface area contributed by atoms with Crippen molar-refractivity contribution in [2.75, 3.05) is 37.7 Å². The third kappa shape index (κ3) is 4.17. The molecule has 2 aliphatic rings. The SMILES string of the molecule is N#Cc1ccc(N2CC[C@@]3(CO)CN(C(=O)CCn4cccn4)C[C@H]3C2)cc1C(F)(F)F. The molecule has 0 aliphatic carbocycles. The van der Waals surface area contributed by atoms with Gasteiger partial charge in [-0.2, -0.15) is 23.5 Å². The number of carbonyl (C=O) groups is 1.